The first-order valence-corrected chi connectivity index (χ1v) is 6.82. The molecule has 0 amide bonds. The van der Waals surface area contributed by atoms with Crippen molar-refractivity contribution in [1.29, 1.82) is 0 Å². The Bertz CT molecular complexity index is 325. The van der Waals surface area contributed by atoms with Crippen LogP contribution in [0.25, 0.3) is 0 Å². The zero-order valence-corrected chi connectivity index (χ0v) is 10.1. The molecule has 0 bridgehead atoms. The van der Waals surface area contributed by atoms with Crippen molar-refractivity contribution in [3.63, 3.8) is 0 Å². The van der Waals surface area contributed by atoms with Crippen LogP contribution >= 0.6 is 11.3 Å². The molecule has 2 saturated heterocycles. The Morgan fingerprint density at radius 2 is 2.19 bits per heavy atom. The summed E-state index contributed by atoms with van der Waals surface area (Å²) in [4.78, 5) is 0. The number of morpholine rings is 1. The summed E-state index contributed by atoms with van der Waals surface area (Å²) in [6.45, 7) is 3.41. The Labute approximate surface area is 99.8 Å². The zero-order chi connectivity index (χ0) is 10.8. The molecule has 1 N–H and O–H groups in total. The molecule has 3 heterocycles. The summed E-state index contributed by atoms with van der Waals surface area (Å²) in [5.41, 5.74) is 1.34. The number of hydrogen-bond donors (Lipinski definition) is 1. The Morgan fingerprint density at radius 1 is 1.31 bits per heavy atom. The molecule has 2 fully saturated rings. The fraction of sp³-hybridized carbons (Fsp3) is 0.667. The monoisotopic (exact) mass is 239 g/mol. The predicted molar refractivity (Wildman–Crippen MR) is 63.8 cm³/mol. The van der Waals surface area contributed by atoms with Gasteiger partial charge in [0.1, 0.15) is 0 Å². The third kappa shape index (κ3) is 1.80. The standard InChI is InChI=1S/C12H17NO2S/c1-8-16-9-10(1)11-12(15-7-4-13-11)2-5-14-6-3-12/h1,8-9,11,13H,2-7H2. The molecule has 0 radical (unpaired) electrons. The molecule has 2 aliphatic rings. The smallest absolute Gasteiger partial charge is 0.0920 e. The molecule has 16 heavy (non-hydrogen) atoms. The van der Waals surface area contributed by atoms with E-state index in [9.17, 15) is 0 Å². The van der Waals surface area contributed by atoms with Crippen LogP contribution in [-0.4, -0.2) is 32.0 Å². The largest absolute Gasteiger partial charge is 0.381 e. The van der Waals surface area contributed by atoms with Crippen molar-refractivity contribution in [2.75, 3.05) is 26.4 Å². The van der Waals surface area contributed by atoms with Crippen molar-refractivity contribution in [2.45, 2.75) is 24.5 Å². The highest BCUT2D eigenvalue weighted by Crippen LogP contribution is 2.39. The van der Waals surface area contributed by atoms with Crippen molar-refractivity contribution in [3.05, 3.63) is 22.4 Å². The van der Waals surface area contributed by atoms with Gasteiger partial charge >= 0.3 is 0 Å². The molecule has 0 aromatic carbocycles. The second-order valence-electron chi connectivity index (χ2n) is 4.47. The molecule has 1 aromatic rings. The second-order valence-corrected chi connectivity index (χ2v) is 5.25. The summed E-state index contributed by atoms with van der Waals surface area (Å²) in [7, 11) is 0. The Hall–Kier alpha value is -0.420. The van der Waals surface area contributed by atoms with Crippen LogP contribution < -0.4 is 5.32 Å². The normalized spacial score (nSPS) is 29.4. The molecule has 0 saturated carbocycles. The Balaban J connectivity index is 1.88. The average Bonchev–Trinajstić information content (AvgIpc) is 2.84. The number of thiophene rings is 1. The van der Waals surface area contributed by atoms with Crippen molar-refractivity contribution in [3.8, 4) is 0 Å². The average molecular weight is 239 g/mol. The molecule has 4 heteroatoms. The number of hydrogen-bond acceptors (Lipinski definition) is 4. The highest BCUT2D eigenvalue weighted by Gasteiger charge is 2.44. The molecule has 3 nitrogen and oxygen atoms in total. The first-order valence-electron chi connectivity index (χ1n) is 5.88. The van der Waals surface area contributed by atoms with Gasteiger partial charge in [0.15, 0.2) is 0 Å². The summed E-state index contributed by atoms with van der Waals surface area (Å²) in [5, 5.41) is 7.97. The van der Waals surface area contributed by atoms with Gasteiger partial charge in [-0.1, -0.05) is 0 Å². The summed E-state index contributed by atoms with van der Waals surface area (Å²) in [6, 6.07) is 2.55. The van der Waals surface area contributed by atoms with Crippen LogP contribution in [0.15, 0.2) is 16.8 Å². The van der Waals surface area contributed by atoms with Crippen LogP contribution in [0.4, 0.5) is 0 Å². The lowest BCUT2D eigenvalue weighted by Crippen LogP contribution is -2.54. The van der Waals surface area contributed by atoms with Gasteiger partial charge in [0.2, 0.25) is 0 Å². The molecular weight excluding hydrogens is 222 g/mol. The van der Waals surface area contributed by atoms with Crippen LogP contribution in [0.2, 0.25) is 0 Å². The maximum absolute atomic E-state index is 6.10. The number of nitrogens with one attached hydrogen (secondary N) is 1. The van der Waals surface area contributed by atoms with E-state index in [1.54, 1.807) is 11.3 Å². The molecule has 1 unspecified atom stereocenters. The highest BCUT2D eigenvalue weighted by atomic mass is 32.1. The Morgan fingerprint density at radius 3 is 2.94 bits per heavy atom. The van der Waals surface area contributed by atoms with Crippen molar-refractivity contribution in [1.82, 2.24) is 5.32 Å². The lowest BCUT2D eigenvalue weighted by atomic mass is 9.82. The third-order valence-corrected chi connectivity index (χ3v) is 4.28. The van der Waals surface area contributed by atoms with Crippen LogP contribution in [0.5, 0.6) is 0 Å². The molecule has 2 aliphatic heterocycles. The lowest BCUT2D eigenvalue weighted by Gasteiger charge is -2.46. The molecule has 1 atom stereocenters. The summed E-state index contributed by atoms with van der Waals surface area (Å²) >= 11 is 1.75. The minimum Gasteiger partial charge on any atom is -0.381 e. The second kappa shape index (κ2) is 4.45. The molecule has 88 valence electrons. The van der Waals surface area contributed by atoms with Gasteiger partial charge in [-0.3, -0.25) is 0 Å². The van der Waals surface area contributed by atoms with Crippen LogP contribution in [0.1, 0.15) is 24.4 Å². The van der Waals surface area contributed by atoms with Gasteiger partial charge in [-0.15, -0.1) is 0 Å². The van der Waals surface area contributed by atoms with Gasteiger partial charge < -0.3 is 14.8 Å². The maximum Gasteiger partial charge on any atom is 0.0920 e. The van der Waals surface area contributed by atoms with E-state index in [4.69, 9.17) is 9.47 Å². The topological polar surface area (TPSA) is 30.5 Å². The van der Waals surface area contributed by atoms with E-state index >= 15 is 0 Å². The van der Waals surface area contributed by atoms with E-state index in [1.807, 2.05) is 0 Å². The lowest BCUT2D eigenvalue weighted by molar-refractivity contribution is -0.149. The van der Waals surface area contributed by atoms with Gasteiger partial charge in [0, 0.05) is 32.6 Å². The Kier molecular flexibility index (Phi) is 2.98. The van der Waals surface area contributed by atoms with E-state index in [-0.39, 0.29) is 5.60 Å². The van der Waals surface area contributed by atoms with E-state index in [2.05, 4.69) is 22.1 Å². The molecule has 3 rings (SSSR count). The first-order chi connectivity index (χ1) is 7.91. The quantitative estimate of drug-likeness (QED) is 0.812. The van der Waals surface area contributed by atoms with Crippen molar-refractivity contribution >= 4 is 11.3 Å². The highest BCUT2D eigenvalue weighted by molar-refractivity contribution is 7.07. The molecule has 0 aliphatic carbocycles. The van der Waals surface area contributed by atoms with E-state index < -0.39 is 0 Å². The van der Waals surface area contributed by atoms with Crippen molar-refractivity contribution < 1.29 is 9.47 Å². The molecule has 1 aromatic heterocycles. The van der Waals surface area contributed by atoms with Gasteiger partial charge in [0.05, 0.1) is 18.2 Å². The van der Waals surface area contributed by atoms with E-state index in [1.165, 1.54) is 5.56 Å². The fourth-order valence-electron chi connectivity index (χ4n) is 2.74. The summed E-state index contributed by atoms with van der Waals surface area (Å²) in [6.07, 6.45) is 2.00. The summed E-state index contributed by atoms with van der Waals surface area (Å²) in [5.74, 6) is 0. The third-order valence-electron chi connectivity index (χ3n) is 3.58. The van der Waals surface area contributed by atoms with E-state index in [0.717, 1.165) is 39.2 Å². The van der Waals surface area contributed by atoms with Crippen LogP contribution in [0, 0.1) is 0 Å². The van der Waals surface area contributed by atoms with Gasteiger partial charge in [-0.2, -0.15) is 11.3 Å². The predicted octanol–water partition coefficient (Wildman–Crippen LogP) is 1.96. The van der Waals surface area contributed by atoms with Crippen LogP contribution in [0.3, 0.4) is 0 Å². The fourth-order valence-corrected chi connectivity index (χ4v) is 3.42. The van der Waals surface area contributed by atoms with Crippen LogP contribution in [-0.2, 0) is 9.47 Å². The maximum atomic E-state index is 6.10. The summed E-state index contributed by atoms with van der Waals surface area (Å²) < 4.78 is 11.6. The van der Waals surface area contributed by atoms with Crippen molar-refractivity contribution in [2.24, 2.45) is 0 Å². The van der Waals surface area contributed by atoms with Gasteiger partial charge in [0.25, 0.3) is 0 Å². The number of ether oxygens (including phenoxy) is 2. The number of rotatable bonds is 1. The SMILES string of the molecule is c1cc(C2NCCOC23CCOCC3)cs1. The zero-order valence-electron chi connectivity index (χ0n) is 9.28. The van der Waals surface area contributed by atoms with Gasteiger partial charge in [-0.25, -0.2) is 0 Å². The van der Waals surface area contributed by atoms with E-state index in [0.29, 0.717) is 6.04 Å². The first kappa shape index (κ1) is 10.7. The molecule has 1 spiro atoms. The molecular formula is C12H17NO2S. The minimum absolute atomic E-state index is 0.0302. The minimum atomic E-state index is -0.0302. The van der Waals surface area contributed by atoms with Gasteiger partial charge in [-0.05, 0) is 22.4 Å².